The van der Waals surface area contributed by atoms with E-state index in [2.05, 4.69) is 31.8 Å². The molecule has 2 rings (SSSR count). The minimum atomic E-state index is 0.00177. The van der Waals surface area contributed by atoms with Gasteiger partial charge in [0.1, 0.15) is 17.7 Å². The van der Waals surface area contributed by atoms with Crippen molar-refractivity contribution in [3.05, 3.63) is 35.9 Å². The molecule has 19 heavy (non-hydrogen) atoms. The highest BCUT2D eigenvalue weighted by Crippen LogP contribution is 2.34. The van der Waals surface area contributed by atoms with E-state index in [1.54, 1.807) is 13.4 Å². The van der Waals surface area contributed by atoms with Gasteiger partial charge >= 0.3 is 0 Å². The van der Waals surface area contributed by atoms with E-state index in [4.69, 9.17) is 14.9 Å². The Labute approximate surface area is 113 Å². The number of oxazole rings is 1. The zero-order chi connectivity index (χ0) is 14.0. The molecule has 2 N–H and O–H groups in total. The summed E-state index contributed by atoms with van der Waals surface area (Å²) in [5, 5.41) is 0. The second kappa shape index (κ2) is 5.05. The predicted octanol–water partition coefficient (Wildman–Crippen LogP) is 3.11. The minimum absolute atomic E-state index is 0.00177. The van der Waals surface area contributed by atoms with Crippen molar-refractivity contribution < 1.29 is 9.15 Å². The molecule has 4 nitrogen and oxygen atoms in total. The second-order valence-electron chi connectivity index (χ2n) is 5.50. The van der Waals surface area contributed by atoms with Crippen LogP contribution in [-0.2, 0) is 12.0 Å². The van der Waals surface area contributed by atoms with E-state index in [1.807, 2.05) is 12.1 Å². The number of nitrogens with zero attached hydrogens (tertiary/aromatic N) is 1. The van der Waals surface area contributed by atoms with Gasteiger partial charge in [-0.15, -0.1) is 0 Å². The molecule has 0 fully saturated rings. The summed E-state index contributed by atoms with van der Waals surface area (Å²) in [7, 11) is 1.69. The number of aromatic nitrogens is 1. The Morgan fingerprint density at radius 2 is 2.05 bits per heavy atom. The summed E-state index contributed by atoms with van der Waals surface area (Å²) in [5.41, 5.74) is 8.46. The maximum atomic E-state index is 5.51. The summed E-state index contributed by atoms with van der Waals surface area (Å²) < 4.78 is 10.7. The summed E-state index contributed by atoms with van der Waals surface area (Å²) in [6, 6.07) is 6.04. The number of benzene rings is 1. The van der Waals surface area contributed by atoms with Crippen molar-refractivity contribution in [3.63, 3.8) is 0 Å². The first-order valence-electron chi connectivity index (χ1n) is 6.29. The molecule has 102 valence electrons. The summed E-state index contributed by atoms with van der Waals surface area (Å²) in [5.74, 6) is 1.43. The van der Waals surface area contributed by atoms with Crippen molar-refractivity contribution in [2.45, 2.75) is 32.7 Å². The lowest BCUT2D eigenvalue weighted by Crippen LogP contribution is -2.12. The van der Waals surface area contributed by atoms with Gasteiger partial charge in [-0.05, 0) is 23.6 Å². The zero-order valence-electron chi connectivity index (χ0n) is 11.9. The number of rotatable bonds is 3. The topological polar surface area (TPSA) is 61.3 Å². The fourth-order valence-electron chi connectivity index (χ4n) is 1.99. The number of methoxy groups -OCH3 is 1. The van der Waals surface area contributed by atoms with Gasteiger partial charge in [0.2, 0.25) is 5.89 Å². The molecule has 1 aromatic heterocycles. The van der Waals surface area contributed by atoms with E-state index in [1.165, 1.54) is 0 Å². The Hall–Kier alpha value is -1.81. The molecule has 0 saturated carbocycles. The van der Waals surface area contributed by atoms with Crippen molar-refractivity contribution in [2.24, 2.45) is 5.73 Å². The Morgan fingerprint density at radius 1 is 1.32 bits per heavy atom. The van der Waals surface area contributed by atoms with Gasteiger partial charge in [-0.25, -0.2) is 4.98 Å². The number of nitrogens with two attached hydrogens (primary N) is 1. The largest absolute Gasteiger partial charge is 0.496 e. The normalized spacial score (nSPS) is 11.6. The lowest BCUT2D eigenvalue weighted by Gasteiger charge is -2.22. The van der Waals surface area contributed by atoms with Crippen LogP contribution in [0.2, 0.25) is 0 Å². The van der Waals surface area contributed by atoms with Crippen LogP contribution in [0.5, 0.6) is 5.75 Å². The number of ether oxygens (including phenoxy) is 1. The van der Waals surface area contributed by atoms with Crippen molar-refractivity contribution in [1.29, 1.82) is 0 Å². The van der Waals surface area contributed by atoms with Crippen molar-refractivity contribution >= 4 is 0 Å². The summed E-state index contributed by atoms with van der Waals surface area (Å²) in [6.45, 7) is 6.77. The van der Waals surface area contributed by atoms with Gasteiger partial charge in [0.15, 0.2) is 0 Å². The van der Waals surface area contributed by atoms with E-state index in [0.29, 0.717) is 12.4 Å². The molecule has 0 aliphatic rings. The number of hydrogen-bond acceptors (Lipinski definition) is 4. The summed E-state index contributed by atoms with van der Waals surface area (Å²) in [4.78, 5) is 4.35. The average Bonchev–Trinajstić information content (AvgIpc) is 2.85. The van der Waals surface area contributed by atoms with Gasteiger partial charge in [-0.1, -0.05) is 20.8 Å². The van der Waals surface area contributed by atoms with Gasteiger partial charge in [-0.3, -0.25) is 0 Å². The molecule has 0 bridgehead atoms. The van der Waals surface area contributed by atoms with E-state index >= 15 is 0 Å². The molecule has 1 heterocycles. The van der Waals surface area contributed by atoms with Crippen LogP contribution in [0.1, 0.15) is 32.2 Å². The van der Waals surface area contributed by atoms with E-state index in [0.717, 1.165) is 22.6 Å². The van der Waals surface area contributed by atoms with Gasteiger partial charge in [-0.2, -0.15) is 0 Å². The molecule has 1 aromatic carbocycles. The molecule has 0 atom stereocenters. The van der Waals surface area contributed by atoms with Gasteiger partial charge < -0.3 is 14.9 Å². The quantitative estimate of drug-likeness (QED) is 0.921. The molecule has 0 spiro atoms. The monoisotopic (exact) mass is 260 g/mol. The van der Waals surface area contributed by atoms with Crippen LogP contribution in [0.4, 0.5) is 0 Å². The average molecular weight is 260 g/mol. The third-order valence-corrected chi connectivity index (χ3v) is 3.03. The summed E-state index contributed by atoms with van der Waals surface area (Å²) in [6.07, 6.45) is 1.64. The fraction of sp³-hybridized carbons (Fsp3) is 0.400. The number of hydrogen-bond donors (Lipinski definition) is 1. The van der Waals surface area contributed by atoms with Crippen LogP contribution in [-0.4, -0.2) is 12.1 Å². The Balaban J connectivity index is 2.48. The summed E-state index contributed by atoms with van der Waals surface area (Å²) >= 11 is 0. The molecule has 0 saturated heterocycles. The van der Waals surface area contributed by atoms with Gasteiger partial charge in [0.05, 0.1) is 13.7 Å². The predicted molar refractivity (Wildman–Crippen MR) is 75.1 cm³/mol. The molecule has 4 heteroatoms. The fourth-order valence-corrected chi connectivity index (χ4v) is 1.99. The van der Waals surface area contributed by atoms with E-state index in [9.17, 15) is 0 Å². The molecule has 0 aliphatic heterocycles. The van der Waals surface area contributed by atoms with Crippen LogP contribution in [0, 0.1) is 0 Å². The Bertz CT molecular complexity index is 568. The SMILES string of the molecule is COc1ccc(-c2coc(CN)n2)cc1C(C)(C)C. The van der Waals surface area contributed by atoms with Crippen molar-refractivity contribution in [2.75, 3.05) is 7.11 Å². The maximum absolute atomic E-state index is 5.51. The highest BCUT2D eigenvalue weighted by molar-refractivity contribution is 5.62. The van der Waals surface area contributed by atoms with E-state index in [-0.39, 0.29) is 5.41 Å². The molecular weight excluding hydrogens is 240 g/mol. The highest BCUT2D eigenvalue weighted by Gasteiger charge is 2.20. The third-order valence-electron chi connectivity index (χ3n) is 3.03. The molecule has 0 amide bonds. The lowest BCUT2D eigenvalue weighted by molar-refractivity contribution is 0.397. The smallest absolute Gasteiger partial charge is 0.208 e. The molecule has 2 aromatic rings. The van der Waals surface area contributed by atoms with Crippen molar-refractivity contribution in [1.82, 2.24) is 4.98 Å². The Kier molecular flexibility index (Phi) is 3.62. The van der Waals surface area contributed by atoms with Crippen LogP contribution < -0.4 is 10.5 Å². The van der Waals surface area contributed by atoms with Crippen molar-refractivity contribution in [3.8, 4) is 17.0 Å². The van der Waals surface area contributed by atoms with Gasteiger partial charge in [0.25, 0.3) is 0 Å². The van der Waals surface area contributed by atoms with Gasteiger partial charge in [0, 0.05) is 11.1 Å². The molecular formula is C15H20N2O2. The molecule has 0 unspecified atom stereocenters. The van der Waals surface area contributed by atoms with Crippen LogP contribution in [0.25, 0.3) is 11.3 Å². The zero-order valence-corrected chi connectivity index (χ0v) is 11.9. The molecule has 0 radical (unpaired) electrons. The first kappa shape index (κ1) is 13.6. The Morgan fingerprint density at radius 3 is 2.58 bits per heavy atom. The molecule has 0 aliphatic carbocycles. The first-order chi connectivity index (χ1) is 8.95. The highest BCUT2D eigenvalue weighted by atomic mass is 16.5. The maximum Gasteiger partial charge on any atom is 0.208 e. The van der Waals surface area contributed by atoms with Crippen LogP contribution in [0.15, 0.2) is 28.9 Å². The van der Waals surface area contributed by atoms with E-state index < -0.39 is 0 Å². The third kappa shape index (κ3) is 2.79. The standard InChI is InChI=1S/C15H20N2O2/c1-15(2,3)11-7-10(5-6-13(11)18-4)12-9-19-14(8-16)17-12/h5-7,9H,8,16H2,1-4H3. The van der Waals surface area contributed by atoms with Crippen LogP contribution in [0.3, 0.4) is 0 Å². The first-order valence-corrected chi connectivity index (χ1v) is 6.29. The second-order valence-corrected chi connectivity index (χ2v) is 5.50. The lowest BCUT2D eigenvalue weighted by atomic mass is 9.85. The van der Waals surface area contributed by atoms with Crippen LogP contribution >= 0.6 is 0 Å². The minimum Gasteiger partial charge on any atom is -0.496 e.